The summed E-state index contributed by atoms with van der Waals surface area (Å²) >= 11 is 0. The average molecular weight is 430 g/mol. The van der Waals surface area contributed by atoms with Crippen molar-refractivity contribution in [2.45, 2.75) is 57.2 Å². The number of nitrogens with one attached hydrogen (secondary N) is 4. The summed E-state index contributed by atoms with van der Waals surface area (Å²) in [6, 6.07) is 9.25. The van der Waals surface area contributed by atoms with Gasteiger partial charge in [-0.1, -0.05) is 19.3 Å². The Kier molecular flexibility index (Phi) is 5.76. The number of rotatable bonds is 7. The maximum atomic E-state index is 13.0. The fraction of sp³-hybridized carbons (Fsp3) is 0.450. The molecule has 3 aromatic rings. The van der Waals surface area contributed by atoms with E-state index in [0.29, 0.717) is 35.7 Å². The zero-order valence-electron chi connectivity index (χ0n) is 17.1. The molecule has 0 amide bonds. The lowest BCUT2D eigenvalue weighted by Crippen LogP contribution is -2.30. The van der Waals surface area contributed by atoms with Crippen molar-refractivity contribution in [3.8, 4) is 0 Å². The summed E-state index contributed by atoms with van der Waals surface area (Å²) in [6.45, 7) is 4.04. The van der Waals surface area contributed by atoms with E-state index in [1.807, 2.05) is 32.0 Å². The first kappa shape index (κ1) is 20.4. The Balaban J connectivity index is 1.64. The van der Waals surface area contributed by atoms with Crippen LogP contribution < -0.4 is 15.4 Å². The number of anilines is 4. The molecule has 4 N–H and O–H groups in total. The molecule has 0 aliphatic heterocycles. The first-order valence-corrected chi connectivity index (χ1v) is 11.8. The van der Waals surface area contributed by atoms with E-state index in [0.717, 1.165) is 30.5 Å². The van der Waals surface area contributed by atoms with Crippen LogP contribution in [-0.2, 0) is 10.0 Å². The molecule has 2 heterocycles. The highest BCUT2D eigenvalue weighted by atomic mass is 32.2. The third kappa shape index (κ3) is 4.64. The number of nitrogens with zero attached hydrogens (tertiary/aromatic N) is 3. The molecule has 0 saturated heterocycles. The lowest BCUT2D eigenvalue weighted by atomic mass is 10.0. The smallest absolute Gasteiger partial charge is 0.235 e. The molecule has 1 aliphatic rings. The summed E-state index contributed by atoms with van der Waals surface area (Å²) in [6.07, 6.45) is 4.39. The molecule has 2 aromatic heterocycles. The molecule has 1 aromatic carbocycles. The molecule has 1 fully saturated rings. The molecule has 1 saturated carbocycles. The summed E-state index contributed by atoms with van der Waals surface area (Å²) in [5.74, 6) is 1.10. The fourth-order valence-electron chi connectivity index (χ4n) is 3.68. The Labute approximate surface area is 176 Å². The second kappa shape index (κ2) is 8.47. The van der Waals surface area contributed by atoms with Crippen LogP contribution >= 0.6 is 0 Å². The van der Waals surface area contributed by atoms with Gasteiger partial charge in [0.05, 0.1) is 10.9 Å². The van der Waals surface area contributed by atoms with Gasteiger partial charge in [-0.15, -0.1) is 0 Å². The van der Waals surface area contributed by atoms with Gasteiger partial charge in [-0.05, 0) is 57.0 Å². The maximum absolute atomic E-state index is 13.0. The zero-order chi connectivity index (χ0) is 21.1. The third-order valence-electron chi connectivity index (χ3n) is 5.15. The Bertz CT molecular complexity index is 1120. The maximum Gasteiger partial charge on any atom is 0.235 e. The molecular formula is C20H27N7O2S. The number of hydrogen-bond acceptors (Lipinski definition) is 7. The van der Waals surface area contributed by atoms with Crippen LogP contribution in [0.25, 0.3) is 11.0 Å². The Morgan fingerprint density at radius 2 is 1.80 bits per heavy atom. The molecule has 4 rings (SSSR count). The number of fused-ring (bicyclic) bond motifs is 1. The van der Waals surface area contributed by atoms with E-state index in [1.165, 1.54) is 0 Å². The van der Waals surface area contributed by atoms with Gasteiger partial charge in [0, 0.05) is 11.7 Å². The molecule has 10 heteroatoms. The molecule has 0 radical (unpaired) electrons. The number of pyridine rings is 1. The van der Waals surface area contributed by atoms with Gasteiger partial charge >= 0.3 is 0 Å². The molecule has 0 spiro atoms. The standard InChI is InChI=1S/C20H27N7O2S/c1-13(2)21-19-11-10-17(26-30(28,29)15-6-4-3-5-7-15)20(23-19)22-14-8-9-16-18(12-14)25-27-24-16/h8-13,15,26H,3-7H2,1-2H3,(H2,21,22,23)(H,24,25,27). The molecule has 30 heavy (non-hydrogen) atoms. The molecule has 0 unspecified atom stereocenters. The summed E-state index contributed by atoms with van der Waals surface area (Å²) in [7, 11) is -3.49. The van der Waals surface area contributed by atoms with Gasteiger partial charge in [0.1, 0.15) is 16.9 Å². The van der Waals surface area contributed by atoms with E-state index in [9.17, 15) is 8.42 Å². The largest absolute Gasteiger partial charge is 0.368 e. The van der Waals surface area contributed by atoms with Crippen LogP contribution in [-0.4, -0.2) is 40.1 Å². The van der Waals surface area contributed by atoms with Crippen LogP contribution in [0.1, 0.15) is 46.0 Å². The monoisotopic (exact) mass is 429 g/mol. The number of hydrogen-bond donors (Lipinski definition) is 4. The highest BCUT2D eigenvalue weighted by Crippen LogP contribution is 2.30. The minimum absolute atomic E-state index is 0.196. The van der Waals surface area contributed by atoms with Gasteiger partial charge in [0.25, 0.3) is 0 Å². The van der Waals surface area contributed by atoms with E-state index in [1.54, 1.807) is 12.1 Å². The zero-order valence-corrected chi connectivity index (χ0v) is 18.0. The Hall–Kier alpha value is -2.88. The Morgan fingerprint density at radius 1 is 1.03 bits per heavy atom. The number of H-pyrrole nitrogens is 1. The predicted octanol–water partition coefficient (Wildman–Crippen LogP) is 3.99. The quantitative estimate of drug-likeness (QED) is 0.447. The van der Waals surface area contributed by atoms with Crippen LogP contribution in [0, 0.1) is 0 Å². The van der Waals surface area contributed by atoms with Crippen molar-refractivity contribution in [2.75, 3.05) is 15.4 Å². The number of aromatic amines is 1. The fourth-order valence-corrected chi connectivity index (χ4v) is 5.27. The van der Waals surface area contributed by atoms with E-state index in [-0.39, 0.29) is 11.3 Å². The van der Waals surface area contributed by atoms with Gasteiger partial charge < -0.3 is 10.6 Å². The molecule has 160 valence electrons. The van der Waals surface area contributed by atoms with Gasteiger partial charge in [-0.2, -0.15) is 15.4 Å². The van der Waals surface area contributed by atoms with Crippen molar-refractivity contribution in [2.24, 2.45) is 0 Å². The van der Waals surface area contributed by atoms with Crippen LogP contribution in [0.5, 0.6) is 0 Å². The van der Waals surface area contributed by atoms with Gasteiger partial charge in [0.2, 0.25) is 10.0 Å². The summed E-state index contributed by atoms with van der Waals surface area (Å²) in [5, 5.41) is 16.9. The summed E-state index contributed by atoms with van der Waals surface area (Å²) in [5.41, 5.74) is 2.63. The third-order valence-corrected chi connectivity index (χ3v) is 7.01. The van der Waals surface area contributed by atoms with Gasteiger partial charge in [-0.25, -0.2) is 13.4 Å². The van der Waals surface area contributed by atoms with E-state index in [4.69, 9.17) is 0 Å². The minimum atomic E-state index is -3.49. The normalized spacial score (nSPS) is 15.4. The first-order valence-electron chi connectivity index (χ1n) is 10.3. The van der Waals surface area contributed by atoms with Gasteiger partial charge in [0.15, 0.2) is 5.82 Å². The molecule has 9 nitrogen and oxygen atoms in total. The van der Waals surface area contributed by atoms with Crippen LogP contribution in [0.3, 0.4) is 0 Å². The lowest BCUT2D eigenvalue weighted by molar-refractivity contribution is 0.486. The van der Waals surface area contributed by atoms with Crippen molar-refractivity contribution in [1.82, 2.24) is 20.4 Å². The van der Waals surface area contributed by atoms with Crippen molar-refractivity contribution in [1.29, 1.82) is 0 Å². The minimum Gasteiger partial charge on any atom is -0.368 e. The number of benzene rings is 1. The second-order valence-electron chi connectivity index (χ2n) is 7.95. The Morgan fingerprint density at radius 3 is 2.57 bits per heavy atom. The van der Waals surface area contributed by atoms with Crippen LogP contribution in [0.2, 0.25) is 0 Å². The molecular weight excluding hydrogens is 402 g/mol. The van der Waals surface area contributed by atoms with Crippen molar-refractivity contribution < 1.29 is 8.42 Å². The molecule has 0 atom stereocenters. The lowest BCUT2D eigenvalue weighted by Gasteiger charge is -2.23. The van der Waals surface area contributed by atoms with E-state index in [2.05, 4.69) is 35.8 Å². The number of aromatic nitrogens is 4. The molecule has 1 aliphatic carbocycles. The SMILES string of the molecule is CC(C)Nc1ccc(NS(=O)(=O)C2CCCCC2)c(Nc2ccc3n[nH]nc3c2)n1. The highest BCUT2D eigenvalue weighted by molar-refractivity contribution is 7.93. The predicted molar refractivity (Wildman–Crippen MR) is 120 cm³/mol. The van der Waals surface area contributed by atoms with Crippen molar-refractivity contribution >= 4 is 44.1 Å². The summed E-state index contributed by atoms with van der Waals surface area (Å²) < 4.78 is 28.7. The first-order chi connectivity index (χ1) is 14.4. The average Bonchev–Trinajstić information content (AvgIpc) is 3.18. The van der Waals surface area contributed by atoms with Crippen molar-refractivity contribution in [3.05, 3.63) is 30.3 Å². The highest BCUT2D eigenvalue weighted by Gasteiger charge is 2.28. The van der Waals surface area contributed by atoms with Gasteiger partial charge in [-0.3, -0.25) is 4.72 Å². The van der Waals surface area contributed by atoms with E-state index >= 15 is 0 Å². The van der Waals surface area contributed by atoms with Crippen LogP contribution in [0.4, 0.5) is 23.0 Å². The molecule has 0 bridgehead atoms. The summed E-state index contributed by atoms with van der Waals surface area (Å²) in [4.78, 5) is 4.61. The number of sulfonamides is 1. The second-order valence-corrected chi connectivity index (χ2v) is 9.91. The van der Waals surface area contributed by atoms with E-state index < -0.39 is 10.0 Å². The topological polar surface area (TPSA) is 125 Å². The van der Waals surface area contributed by atoms with Crippen LogP contribution in [0.15, 0.2) is 30.3 Å². The van der Waals surface area contributed by atoms with Crippen molar-refractivity contribution in [3.63, 3.8) is 0 Å².